The van der Waals surface area contributed by atoms with E-state index in [1.165, 1.54) is 31.4 Å². The van der Waals surface area contributed by atoms with Gasteiger partial charge in [0.2, 0.25) is 0 Å². The lowest BCUT2D eigenvalue weighted by Crippen LogP contribution is -1.85. The fourth-order valence-corrected chi connectivity index (χ4v) is 2.71. The predicted octanol–water partition coefficient (Wildman–Crippen LogP) is 5.93. The molecule has 0 nitrogen and oxygen atoms in total. The highest BCUT2D eigenvalue weighted by Gasteiger charge is 2.06. The molecule has 0 aliphatic carbocycles. The first-order chi connectivity index (χ1) is 9.74. The van der Waals surface area contributed by atoms with Crippen molar-refractivity contribution < 1.29 is 0 Å². The number of hydrogen-bond acceptors (Lipinski definition) is 0. The number of halogens is 1. The van der Waals surface area contributed by atoms with Crippen molar-refractivity contribution in [3.05, 3.63) is 81.9 Å². The maximum absolute atomic E-state index is 2.34. The minimum Gasteiger partial charge on any atom is -0.0616 e. The molecule has 0 bridgehead atoms. The molecule has 0 spiro atoms. The minimum atomic E-state index is 1.26. The summed E-state index contributed by atoms with van der Waals surface area (Å²) in [6, 6.07) is 26.0. The molecule has 0 amide bonds. The van der Waals surface area contributed by atoms with E-state index in [0.29, 0.717) is 0 Å². The van der Waals surface area contributed by atoms with Gasteiger partial charge in [0, 0.05) is 3.57 Å². The molecule has 0 heterocycles. The Morgan fingerprint density at radius 1 is 0.600 bits per heavy atom. The molecule has 1 heteroatoms. The Labute approximate surface area is 133 Å². The van der Waals surface area contributed by atoms with Crippen molar-refractivity contribution in [2.75, 3.05) is 0 Å². The molecular formula is C19H15I. The van der Waals surface area contributed by atoms with Gasteiger partial charge in [-0.3, -0.25) is 0 Å². The Morgan fingerprint density at radius 2 is 1.05 bits per heavy atom. The van der Waals surface area contributed by atoms with E-state index in [-0.39, 0.29) is 0 Å². The lowest BCUT2D eigenvalue weighted by atomic mass is 9.94. The van der Waals surface area contributed by atoms with E-state index < -0.39 is 0 Å². The van der Waals surface area contributed by atoms with Crippen molar-refractivity contribution in [2.45, 2.75) is 6.92 Å². The van der Waals surface area contributed by atoms with Crippen LogP contribution >= 0.6 is 22.6 Å². The second kappa shape index (κ2) is 5.80. The van der Waals surface area contributed by atoms with Gasteiger partial charge in [-0.25, -0.2) is 0 Å². The van der Waals surface area contributed by atoms with Crippen LogP contribution < -0.4 is 0 Å². The van der Waals surface area contributed by atoms with Crippen molar-refractivity contribution in [1.29, 1.82) is 0 Å². The molecule has 0 aromatic heterocycles. The minimum absolute atomic E-state index is 1.26. The van der Waals surface area contributed by atoms with E-state index in [4.69, 9.17) is 0 Å². The van der Waals surface area contributed by atoms with Gasteiger partial charge in [-0.2, -0.15) is 0 Å². The van der Waals surface area contributed by atoms with Crippen molar-refractivity contribution in [2.24, 2.45) is 0 Å². The molecule has 0 N–H and O–H groups in total. The zero-order valence-corrected chi connectivity index (χ0v) is 13.5. The molecule has 0 radical (unpaired) electrons. The summed E-state index contributed by atoms with van der Waals surface area (Å²) in [6.07, 6.45) is 0. The Hall–Kier alpha value is -1.61. The molecule has 0 saturated heterocycles. The second-order valence-corrected chi connectivity index (χ2v) is 6.16. The SMILES string of the molecule is Cc1ccc(-c2ccccc2-c2ccc(I)cc2)cc1. The summed E-state index contributed by atoms with van der Waals surface area (Å²) < 4.78 is 1.26. The Morgan fingerprint density at radius 3 is 1.55 bits per heavy atom. The van der Waals surface area contributed by atoms with Gasteiger partial charge in [-0.05, 0) is 63.9 Å². The van der Waals surface area contributed by atoms with Crippen LogP contribution in [0.1, 0.15) is 5.56 Å². The van der Waals surface area contributed by atoms with Crippen LogP contribution in [0.3, 0.4) is 0 Å². The zero-order valence-electron chi connectivity index (χ0n) is 11.3. The van der Waals surface area contributed by atoms with Gasteiger partial charge >= 0.3 is 0 Å². The second-order valence-electron chi connectivity index (χ2n) is 4.92. The van der Waals surface area contributed by atoms with Gasteiger partial charge in [0.25, 0.3) is 0 Å². The van der Waals surface area contributed by atoms with Crippen LogP contribution in [-0.2, 0) is 0 Å². The van der Waals surface area contributed by atoms with Crippen LogP contribution in [0.25, 0.3) is 22.3 Å². The maximum Gasteiger partial charge on any atom is 0.0130 e. The molecule has 0 unspecified atom stereocenters. The molecule has 3 aromatic carbocycles. The summed E-state index contributed by atoms with van der Waals surface area (Å²) >= 11 is 2.34. The average molecular weight is 370 g/mol. The zero-order chi connectivity index (χ0) is 13.9. The van der Waals surface area contributed by atoms with Crippen molar-refractivity contribution in [3.8, 4) is 22.3 Å². The predicted molar refractivity (Wildman–Crippen MR) is 94.8 cm³/mol. The molecule has 0 fully saturated rings. The normalized spacial score (nSPS) is 10.5. The van der Waals surface area contributed by atoms with Crippen LogP contribution in [0.15, 0.2) is 72.8 Å². The summed E-state index contributed by atoms with van der Waals surface area (Å²) in [6.45, 7) is 2.12. The van der Waals surface area contributed by atoms with E-state index in [0.717, 1.165) is 0 Å². The summed E-state index contributed by atoms with van der Waals surface area (Å²) in [7, 11) is 0. The number of aryl methyl sites for hydroxylation is 1. The number of benzene rings is 3. The number of rotatable bonds is 2. The quantitative estimate of drug-likeness (QED) is 0.490. The van der Waals surface area contributed by atoms with E-state index >= 15 is 0 Å². The summed E-state index contributed by atoms with van der Waals surface area (Å²) in [5.41, 5.74) is 6.40. The van der Waals surface area contributed by atoms with Crippen LogP contribution in [0.2, 0.25) is 0 Å². The van der Waals surface area contributed by atoms with Gasteiger partial charge in [0.05, 0.1) is 0 Å². The first-order valence-corrected chi connectivity index (χ1v) is 7.74. The van der Waals surface area contributed by atoms with Gasteiger partial charge in [0.15, 0.2) is 0 Å². The Kier molecular flexibility index (Phi) is 3.88. The van der Waals surface area contributed by atoms with E-state index in [9.17, 15) is 0 Å². The molecule has 0 aliphatic heterocycles. The molecular weight excluding hydrogens is 355 g/mol. The summed E-state index contributed by atoms with van der Waals surface area (Å²) in [4.78, 5) is 0. The fourth-order valence-electron chi connectivity index (χ4n) is 2.35. The Balaban J connectivity index is 2.13. The third kappa shape index (κ3) is 2.78. The van der Waals surface area contributed by atoms with Crippen LogP contribution in [-0.4, -0.2) is 0 Å². The molecule has 0 atom stereocenters. The lowest BCUT2D eigenvalue weighted by molar-refractivity contribution is 1.47. The van der Waals surface area contributed by atoms with Crippen molar-refractivity contribution in [3.63, 3.8) is 0 Å². The highest BCUT2D eigenvalue weighted by atomic mass is 127. The van der Waals surface area contributed by atoms with Crippen molar-refractivity contribution >= 4 is 22.6 Å². The monoisotopic (exact) mass is 370 g/mol. The van der Waals surface area contributed by atoms with E-state index in [1.54, 1.807) is 0 Å². The third-order valence-electron chi connectivity index (χ3n) is 3.44. The molecule has 3 rings (SSSR count). The van der Waals surface area contributed by atoms with Crippen molar-refractivity contribution in [1.82, 2.24) is 0 Å². The lowest BCUT2D eigenvalue weighted by Gasteiger charge is -2.10. The molecule has 98 valence electrons. The highest BCUT2D eigenvalue weighted by Crippen LogP contribution is 2.32. The molecule has 0 saturated carbocycles. The van der Waals surface area contributed by atoms with Crippen LogP contribution in [0.4, 0.5) is 0 Å². The van der Waals surface area contributed by atoms with E-state index in [2.05, 4.69) is 102 Å². The number of hydrogen-bond donors (Lipinski definition) is 0. The van der Waals surface area contributed by atoms with Gasteiger partial charge in [0.1, 0.15) is 0 Å². The third-order valence-corrected chi connectivity index (χ3v) is 4.16. The highest BCUT2D eigenvalue weighted by molar-refractivity contribution is 14.1. The van der Waals surface area contributed by atoms with Gasteiger partial charge in [-0.15, -0.1) is 0 Å². The molecule has 20 heavy (non-hydrogen) atoms. The first-order valence-electron chi connectivity index (χ1n) is 6.66. The Bertz CT molecular complexity index is 645. The van der Waals surface area contributed by atoms with Crippen LogP contribution in [0.5, 0.6) is 0 Å². The maximum atomic E-state index is 2.34. The van der Waals surface area contributed by atoms with E-state index in [1.807, 2.05) is 0 Å². The summed E-state index contributed by atoms with van der Waals surface area (Å²) in [5.74, 6) is 0. The van der Waals surface area contributed by atoms with Gasteiger partial charge < -0.3 is 0 Å². The molecule has 0 aliphatic rings. The average Bonchev–Trinajstić information content (AvgIpc) is 2.49. The standard InChI is InChI=1S/C19H15I/c1-14-6-8-15(9-7-14)18-4-2-3-5-19(18)16-10-12-17(20)13-11-16/h2-13H,1H3. The first kappa shape index (κ1) is 13.4. The molecule has 3 aromatic rings. The largest absolute Gasteiger partial charge is 0.0616 e. The van der Waals surface area contributed by atoms with Crippen LogP contribution in [0, 0.1) is 10.5 Å². The summed E-state index contributed by atoms with van der Waals surface area (Å²) in [5, 5.41) is 0. The topological polar surface area (TPSA) is 0 Å². The fraction of sp³-hybridized carbons (Fsp3) is 0.0526. The van der Waals surface area contributed by atoms with Gasteiger partial charge in [-0.1, -0.05) is 66.2 Å². The smallest absolute Gasteiger partial charge is 0.0130 e.